The molecule has 1 aliphatic carbocycles. The first-order chi connectivity index (χ1) is 9.68. The minimum absolute atomic E-state index is 0.154. The Bertz CT molecular complexity index is 476. The van der Waals surface area contributed by atoms with E-state index < -0.39 is 0 Å². The molecule has 1 amide bonds. The number of halogens is 1. The molecule has 2 N–H and O–H groups in total. The van der Waals surface area contributed by atoms with Crippen molar-refractivity contribution in [2.45, 2.75) is 38.1 Å². The molecule has 1 heterocycles. The molecule has 20 heavy (non-hydrogen) atoms. The van der Waals surface area contributed by atoms with Crippen molar-refractivity contribution in [1.29, 1.82) is 0 Å². The first kappa shape index (κ1) is 13.9. The molecule has 1 aromatic rings. The zero-order chi connectivity index (χ0) is 14.0. The summed E-state index contributed by atoms with van der Waals surface area (Å²) in [5.74, 6) is 0.249. The van der Waals surface area contributed by atoms with Crippen molar-refractivity contribution in [3.05, 3.63) is 34.9 Å². The molecule has 1 aliphatic heterocycles. The molecule has 108 valence electrons. The lowest BCUT2D eigenvalue weighted by Gasteiger charge is -2.26. The maximum atomic E-state index is 12.5. The summed E-state index contributed by atoms with van der Waals surface area (Å²) in [6.45, 7) is 2.02. The summed E-state index contributed by atoms with van der Waals surface area (Å²) in [6, 6.07) is 8.21. The summed E-state index contributed by atoms with van der Waals surface area (Å²) in [5.41, 5.74) is 1.05. The monoisotopic (exact) mass is 292 g/mol. The summed E-state index contributed by atoms with van der Waals surface area (Å²) in [5, 5.41) is 7.32. The van der Waals surface area contributed by atoms with Gasteiger partial charge >= 0.3 is 0 Å². The van der Waals surface area contributed by atoms with Gasteiger partial charge in [-0.1, -0.05) is 23.7 Å². The van der Waals surface area contributed by atoms with Crippen LogP contribution < -0.4 is 10.6 Å². The smallest absolute Gasteiger partial charge is 0.226 e. The van der Waals surface area contributed by atoms with Crippen LogP contribution in [0.25, 0.3) is 0 Å². The highest BCUT2D eigenvalue weighted by Crippen LogP contribution is 2.48. The van der Waals surface area contributed by atoms with Crippen LogP contribution in [-0.2, 0) is 11.2 Å². The fourth-order valence-corrected chi connectivity index (χ4v) is 3.06. The van der Waals surface area contributed by atoms with Gasteiger partial charge in [0.05, 0.1) is 5.41 Å². The van der Waals surface area contributed by atoms with Crippen LogP contribution in [0.15, 0.2) is 24.3 Å². The Hall–Kier alpha value is -1.06. The number of carbonyl (C=O) groups excluding carboxylic acids is 1. The second kappa shape index (κ2) is 5.74. The van der Waals surface area contributed by atoms with E-state index in [2.05, 4.69) is 10.6 Å². The summed E-state index contributed by atoms with van der Waals surface area (Å²) in [4.78, 5) is 12.5. The number of piperidine rings is 1. The maximum Gasteiger partial charge on any atom is 0.226 e. The average Bonchev–Trinajstić information content (AvgIpc) is 3.24. The van der Waals surface area contributed by atoms with Gasteiger partial charge in [-0.2, -0.15) is 0 Å². The quantitative estimate of drug-likeness (QED) is 0.895. The third-order valence-electron chi connectivity index (χ3n) is 4.47. The molecule has 3 nitrogen and oxygen atoms in total. The predicted molar refractivity (Wildman–Crippen MR) is 80.9 cm³/mol. The van der Waals surface area contributed by atoms with Crippen molar-refractivity contribution in [1.82, 2.24) is 10.6 Å². The van der Waals surface area contributed by atoms with Gasteiger partial charge in [0.2, 0.25) is 5.91 Å². The molecule has 1 saturated heterocycles. The van der Waals surface area contributed by atoms with Crippen LogP contribution in [0.3, 0.4) is 0 Å². The third-order valence-corrected chi connectivity index (χ3v) is 4.72. The predicted octanol–water partition coefficient (Wildman–Crippen LogP) is 2.53. The molecule has 0 spiro atoms. The maximum absolute atomic E-state index is 12.5. The van der Waals surface area contributed by atoms with Gasteiger partial charge in [-0.3, -0.25) is 4.79 Å². The van der Waals surface area contributed by atoms with Crippen molar-refractivity contribution >= 4 is 17.5 Å². The van der Waals surface area contributed by atoms with Crippen LogP contribution in [0.5, 0.6) is 0 Å². The van der Waals surface area contributed by atoms with Crippen molar-refractivity contribution < 1.29 is 4.79 Å². The van der Waals surface area contributed by atoms with E-state index >= 15 is 0 Å². The van der Waals surface area contributed by atoms with E-state index in [1.807, 2.05) is 24.3 Å². The Morgan fingerprint density at radius 2 is 1.90 bits per heavy atom. The third kappa shape index (κ3) is 3.15. The molecule has 4 heteroatoms. The van der Waals surface area contributed by atoms with Crippen LogP contribution in [0.1, 0.15) is 31.2 Å². The van der Waals surface area contributed by atoms with E-state index in [-0.39, 0.29) is 11.3 Å². The number of amides is 1. The summed E-state index contributed by atoms with van der Waals surface area (Å²) < 4.78 is 0. The molecule has 0 aromatic heterocycles. The van der Waals surface area contributed by atoms with Crippen molar-refractivity contribution in [3.63, 3.8) is 0 Å². The number of benzene rings is 1. The van der Waals surface area contributed by atoms with Crippen LogP contribution in [0.2, 0.25) is 5.02 Å². The molecule has 0 radical (unpaired) electrons. The Balaban J connectivity index is 1.60. The molecule has 2 fully saturated rings. The molecule has 2 aliphatic rings. The Morgan fingerprint density at radius 3 is 2.50 bits per heavy atom. The second-order valence-electron chi connectivity index (χ2n) is 6.08. The Labute approximate surface area is 125 Å². The van der Waals surface area contributed by atoms with Crippen molar-refractivity contribution in [2.75, 3.05) is 13.1 Å². The van der Waals surface area contributed by atoms with E-state index in [9.17, 15) is 4.79 Å². The summed E-state index contributed by atoms with van der Waals surface area (Å²) in [6.07, 6.45) is 4.94. The van der Waals surface area contributed by atoms with Gasteiger partial charge in [0.1, 0.15) is 0 Å². The van der Waals surface area contributed by atoms with Gasteiger partial charge in [-0.25, -0.2) is 0 Å². The number of nitrogens with one attached hydrogen (secondary N) is 2. The zero-order valence-corrected chi connectivity index (χ0v) is 12.4. The lowest BCUT2D eigenvalue weighted by molar-refractivity contribution is -0.127. The van der Waals surface area contributed by atoms with E-state index in [4.69, 9.17) is 11.6 Å². The van der Waals surface area contributed by atoms with Crippen LogP contribution in [-0.4, -0.2) is 25.0 Å². The van der Waals surface area contributed by atoms with Gasteiger partial charge in [-0.15, -0.1) is 0 Å². The van der Waals surface area contributed by atoms with Crippen LogP contribution in [0, 0.1) is 5.41 Å². The lowest BCUT2D eigenvalue weighted by atomic mass is 9.94. The van der Waals surface area contributed by atoms with Gasteiger partial charge in [0, 0.05) is 11.1 Å². The number of carbonyl (C=O) groups is 1. The normalized spacial score (nSPS) is 21.4. The van der Waals surface area contributed by atoms with Crippen molar-refractivity contribution in [3.8, 4) is 0 Å². The number of rotatable bonds is 4. The molecule has 1 saturated carbocycles. The van der Waals surface area contributed by atoms with E-state index in [1.165, 1.54) is 5.56 Å². The average molecular weight is 293 g/mol. The Kier molecular flexibility index (Phi) is 3.99. The fourth-order valence-electron chi connectivity index (χ4n) is 2.93. The molecular formula is C16H21ClN2O. The van der Waals surface area contributed by atoms with Crippen LogP contribution in [0.4, 0.5) is 0 Å². The molecule has 1 aromatic carbocycles. The van der Waals surface area contributed by atoms with Gasteiger partial charge in [-0.05, 0) is 62.9 Å². The lowest BCUT2D eigenvalue weighted by Crippen LogP contribution is -2.45. The standard InChI is InChI=1S/C16H21ClN2O/c17-13-3-1-12(2-4-13)11-16(7-8-16)15(20)19-14-5-9-18-10-6-14/h1-4,14,18H,5-11H2,(H,19,20). The second-order valence-corrected chi connectivity index (χ2v) is 6.52. The minimum atomic E-state index is -0.154. The van der Waals surface area contributed by atoms with Gasteiger partial charge < -0.3 is 10.6 Å². The van der Waals surface area contributed by atoms with E-state index in [0.717, 1.165) is 50.2 Å². The van der Waals surface area contributed by atoms with E-state index in [1.54, 1.807) is 0 Å². The van der Waals surface area contributed by atoms with Gasteiger partial charge in [0.25, 0.3) is 0 Å². The fraction of sp³-hybridized carbons (Fsp3) is 0.562. The van der Waals surface area contributed by atoms with Crippen LogP contribution >= 0.6 is 11.6 Å². The largest absolute Gasteiger partial charge is 0.353 e. The zero-order valence-electron chi connectivity index (χ0n) is 11.6. The highest BCUT2D eigenvalue weighted by atomic mass is 35.5. The highest BCUT2D eigenvalue weighted by Gasteiger charge is 2.49. The first-order valence-electron chi connectivity index (χ1n) is 7.44. The minimum Gasteiger partial charge on any atom is -0.353 e. The van der Waals surface area contributed by atoms with E-state index in [0.29, 0.717) is 6.04 Å². The molecule has 0 unspecified atom stereocenters. The Morgan fingerprint density at radius 1 is 1.25 bits per heavy atom. The summed E-state index contributed by atoms with van der Waals surface area (Å²) in [7, 11) is 0. The molecule has 3 rings (SSSR count). The number of hydrogen-bond acceptors (Lipinski definition) is 2. The number of hydrogen-bond donors (Lipinski definition) is 2. The molecule has 0 bridgehead atoms. The molecule has 0 atom stereocenters. The topological polar surface area (TPSA) is 41.1 Å². The SMILES string of the molecule is O=C(NC1CCNCC1)C1(Cc2ccc(Cl)cc2)CC1. The molecular weight excluding hydrogens is 272 g/mol. The highest BCUT2D eigenvalue weighted by molar-refractivity contribution is 6.30. The van der Waals surface area contributed by atoms with Gasteiger partial charge in [0.15, 0.2) is 0 Å². The van der Waals surface area contributed by atoms with Crippen molar-refractivity contribution in [2.24, 2.45) is 5.41 Å². The summed E-state index contributed by atoms with van der Waals surface area (Å²) >= 11 is 5.90. The first-order valence-corrected chi connectivity index (χ1v) is 7.82.